The van der Waals surface area contributed by atoms with Gasteiger partial charge in [-0.1, -0.05) is 0 Å². The molecule has 0 aromatic carbocycles. The number of hydrogen-bond donors (Lipinski definition) is 3. The molecular weight excluding hydrogens is 128 g/mol. The number of nitrogens with two attached hydrogens (primary N) is 2. The van der Waals surface area contributed by atoms with Crippen molar-refractivity contribution in [3.05, 3.63) is 17.7 Å². The molecule has 1 rings (SSSR count). The monoisotopic (exact) mass is 140 g/mol. The predicted octanol–water partition coefficient (Wildman–Crippen LogP) is -0.496. The fraction of sp³-hybridized carbons (Fsp3) is 0.500. The summed E-state index contributed by atoms with van der Waals surface area (Å²) in [6.07, 6.45) is 2.11. The van der Waals surface area contributed by atoms with Crippen molar-refractivity contribution < 1.29 is 0 Å². The van der Waals surface area contributed by atoms with E-state index in [4.69, 9.17) is 11.5 Å². The van der Waals surface area contributed by atoms with Crippen molar-refractivity contribution in [2.24, 2.45) is 11.5 Å². The zero-order valence-electron chi connectivity index (χ0n) is 5.96. The van der Waals surface area contributed by atoms with Crippen LogP contribution in [0.3, 0.4) is 0 Å². The number of nitrogens with one attached hydrogen (secondary N) is 1. The number of imidazole rings is 1. The summed E-state index contributed by atoms with van der Waals surface area (Å²) in [5.74, 6) is 0.899. The molecule has 1 heterocycles. The summed E-state index contributed by atoms with van der Waals surface area (Å²) in [6, 6.07) is 0. The van der Waals surface area contributed by atoms with Crippen LogP contribution >= 0.6 is 0 Å². The molecule has 0 aliphatic heterocycles. The van der Waals surface area contributed by atoms with Crippen molar-refractivity contribution in [3.63, 3.8) is 0 Å². The molecule has 0 saturated carbocycles. The molecule has 0 amide bonds. The number of hydrogen-bond acceptors (Lipinski definition) is 3. The highest BCUT2D eigenvalue weighted by atomic mass is 14.9. The van der Waals surface area contributed by atoms with Gasteiger partial charge < -0.3 is 16.5 Å². The van der Waals surface area contributed by atoms with Crippen LogP contribution in [0.2, 0.25) is 0 Å². The summed E-state index contributed by atoms with van der Waals surface area (Å²) in [7, 11) is 0. The summed E-state index contributed by atoms with van der Waals surface area (Å²) in [5, 5.41) is 0. The smallest absolute Gasteiger partial charge is 0.103 e. The second-order valence-corrected chi connectivity index (χ2v) is 2.36. The van der Waals surface area contributed by atoms with Crippen LogP contribution in [-0.4, -0.2) is 16.1 Å². The van der Waals surface area contributed by atoms with Gasteiger partial charge in [0.15, 0.2) is 0 Å². The molecule has 0 bridgehead atoms. The van der Waals surface area contributed by atoms with Crippen molar-refractivity contribution in [1.82, 2.24) is 9.97 Å². The molecule has 0 radical (unpaired) electrons. The molecular formula is C6H12N4. The molecule has 10 heavy (non-hydrogen) atoms. The van der Waals surface area contributed by atoms with Gasteiger partial charge in [0.1, 0.15) is 5.82 Å². The lowest BCUT2D eigenvalue weighted by Crippen LogP contribution is -2.32. The first-order valence-corrected chi connectivity index (χ1v) is 3.20. The Morgan fingerprint density at radius 1 is 1.70 bits per heavy atom. The highest BCUT2D eigenvalue weighted by molar-refractivity contribution is 5.00. The molecule has 0 spiro atoms. The topological polar surface area (TPSA) is 80.7 Å². The Morgan fingerprint density at radius 2 is 2.40 bits per heavy atom. The Bertz CT molecular complexity index is 203. The van der Waals surface area contributed by atoms with E-state index in [1.54, 1.807) is 6.20 Å². The van der Waals surface area contributed by atoms with Gasteiger partial charge in [-0.2, -0.15) is 0 Å². The van der Waals surface area contributed by atoms with Gasteiger partial charge >= 0.3 is 0 Å². The first kappa shape index (κ1) is 7.24. The van der Waals surface area contributed by atoms with Crippen LogP contribution in [0.25, 0.3) is 0 Å². The average molecular weight is 140 g/mol. The molecule has 0 aliphatic rings. The summed E-state index contributed by atoms with van der Waals surface area (Å²) in [4.78, 5) is 7.04. The second-order valence-electron chi connectivity index (χ2n) is 2.36. The van der Waals surface area contributed by atoms with E-state index in [9.17, 15) is 0 Å². The van der Waals surface area contributed by atoms with Crippen molar-refractivity contribution in [2.45, 2.75) is 19.5 Å². The zero-order chi connectivity index (χ0) is 7.56. The molecule has 0 saturated heterocycles. The fourth-order valence-electron chi connectivity index (χ4n) is 0.829. The molecule has 1 aromatic rings. The highest BCUT2D eigenvalue weighted by Crippen LogP contribution is 1.96. The van der Waals surface area contributed by atoms with E-state index >= 15 is 0 Å². The average Bonchev–Trinajstić information content (AvgIpc) is 2.13. The van der Waals surface area contributed by atoms with Crippen LogP contribution < -0.4 is 11.5 Å². The molecule has 1 aromatic heterocycles. The molecule has 4 heteroatoms. The van der Waals surface area contributed by atoms with Crippen LogP contribution in [0, 0.1) is 6.92 Å². The molecule has 5 N–H and O–H groups in total. The van der Waals surface area contributed by atoms with E-state index in [0.717, 1.165) is 11.5 Å². The normalized spacial score (nSPS) is 10.8. The maximum Gasteiger partial charge on any atom is 0.103 e. The minimum absolute atomic E-state index is 0.292. The van der Waals surface area contributed by atoms with Crippen LogP contribution in [0.5, 0.6) is 0 Å². The van der Waals surface area contributed by atoms with Gasteiger partial charge in [-0.15, -0.1) is 0 Å². The van der Waals surface area contributed by atoms with Gasteiger partial charge in [-0.25, -0.2) is 4.98 Å². The van der Waals surface area contributed by atoms with Crippen molar-refractivity contribution in [3.8, 4) is 0 Å². The molecule has 4 nitrogen and oxygen atoms in total. The van der Waals surface area contributed by atoms with E-state index in [1.165, 1.54) is 0 Å². The van der Waals surface area contributed by atoms with E-state index in [0.29, 0.717) is 6.42 Å². The maximum atomic E-state index is 5.36. The largest absolute Gasteiger partial charge is 0.346 e. The summed E-state index contributed by atoms with van der Waals surface area (Å²) in [5.41, 5.74) is 11.7. The molecule has 56 valence electrons. The van der Waals surface area contributed by atoms with E-state index in [1.807, 2.05) is 6.92 Å². The van der Waals surface area contributed by atoms with Gasteiger partial charge in [-0.05, 0) is 6.92 Å². The quantitative estimate of drug-likeness (QED) is 0.484. The maximum absolute atomic E-state index is 5.36. The van der Waals surface area contributed by atoms with Gasteiger partial charge in [0, 0.05) is 18.3 Å². The Kier molecular flexibility index (Phi) is 2.03. The number of aromatic amines is 1. The number of aromatic nitrogens is 2. The number of H-pyrrole nitrogens is 1. The molecule has 0 atom stereocenters. The Morgan fingerprint density at radius 3 is 2.80 bits per heavy atom. The van der Waals surface area contributed by atoms with E-state index < -0.39 is 0 Å². The zero-order valence-corrected chi connectivity index (χ0v) is 5.96. The van der Waals surface area contributed by atoms with Crippen LogP contribution in [0.1, 0.15) is 11.5 Å². The van der Waals surface area contributed by atoms with E-state index in [2.05, 4.69) is 9.97 Å². The summed E-state index contributed by atoms with van der Waals surface area (Å²) < 4.78 is 0. The number of aryl methyl sites for hydroxylation is 1. The lowest BCUT2D eigenvalue weighted by Gasteiger charge is -2.00. The van der Waals surface area contributed by atoms with Crippen LogP contribution in [-0.2, 0) is 6.42 Å². The first-order valence-electron chi connectivity index (χ1n) is 3.20. The van der Waals surface area contributed by atoms with Gasteiger partial charge in [-0.3, -0.25) is 0 Å². The highest BCUT2D eigenvalue weighted by Gasteiger charge is 1.99. The van der Waals surface area contributed by atoms with Crippen molar-refractivity contribution in [1.29, 1.82) is 0 Å². The van der Waals surface area contributed by atoms with Gasteiger partial charge in [0.25, 0.3) is 0 Å². The summed E-state index contributed by atoms with van der Waals surface area (Å²) in [6.45, 7) is 1.89. The van der Waals surface area contributed by atoms with Crippen molar-refractivity contribution >= 4 is 0 Å². The molecule has 0 unspecified atom stereocenters. The van der Waals surface area contributed by atoms with Crippen molar-refractivity contribution in [2.75, 3.05) is 0 Å². The Labute approximate surface area is 59.6 Å². The third-order valence-electron chi connectivity index (χ3n) is 1.21. The standard InChI is InChI=1S/C6H12N4/c1-4-9-3-5(10-4)2-6(7)8/h3,6H,2,7-8H2,1H3,(H,9,10). The lowest BCUT2D eigenvalue weighted by atomic mass is 10.3. The molecule has 0 fully saturated rings. The SMILES string of the molecule is Cc1ncc(CC(N)N)[nH]1. The third-order valence-corrected chi connectivity index (χ3v) is 1.21. The lowest BCUT2D eigenvalue weighted by molar-refractivity contribution is 0.692. The fourth-order valence-corrected chi connectivity index (χ4v) is 0.829. The van der Waals surface area contributed by atoms with E-state index in [-0.39, 0.29) is 6.17 Å². The van der Waals surface area contributed by atoms with Gasteiger partial charge in [0.05, 0.1) is 6.17 Å². The number of nitrogens with zero attached hydrogens (tertiary/aromatic N) is 1. The third kappa shape index (κ3) is 1.82. The summed E-state index contributed by atoms with van der Waals surface area (Å²) >= 11 is 0. The minimum Gasteiger partial charge on any atom is -0.346 e. The Balaban J connectivity index is 2.58. The van der Waals surface area contributed by atoms with Crippen LogP contribution in [0.4, 0.5) is 0 Å². The number of rotatable bonds is 2. The second kappa shape index (κ2) is 2.81. The van der Waals surface area contributed by atoms with Gasteiger partial charge in [0.2, 0.25) is 0 Å². The molecule has 0 aliphatic carbocycles. The minimum atomic E-state index is -0.292. The predicted molar refractivity (Wildman–Crippen MR) is 39.2 cm³/mol. The van der Waals surface area contributed by atoms with Crippen LogP contribution in [0.15, 0.2) is 6.20 Å². The Hall–Kier alpha value is -0.870. The first-order chi connectivity index (χ1) is 4.68.